The Hall–Kier alpha value is -2.71. The number of carbonyl (C=O) groups is 2. The average Bonchev–Trinajstić information content (AvgIpc) is 2.81. The molecule has 1 aliphatic rings. The third kappa shape index (κ3) is 2.99. The number of amides is 1. The topological polar surface area (TPSA) is 134 Å². The number of nitrogens with one attached hydrogen (secondary N) is 2. The summed E-state index contributed by atoms with van der Waals surface area (Å²) in [6, 6.07) is 1.06. The van der Waals surface area contributed by atoms with Crippen LogP contribution in [0.2, 0.25) is 0 Å². The van der Waals surface area contributed by atoms with Crippen molar-refractivity contribution >= 4 is 23.4 Å². The molecule has 1 atom stereocenters. The molecule has 2 heterocycles. The van der Waals surface area contributed by atoms with Crippen LogP contribution in [0.15, 0.2) is 12.3 Å². The number of aromatic nitrogens is 1. The molecule has 0 aromatic carbocycles. The van der Waals surface area contributed by atoms with Crippen LogP contribution in [0, 0.1) is 10.1 Å². The van der Waals surface area contributed by atoms with Gasteiger partial charge < -0.3 is 15.7 Å². The molecule has 106 valence electrons. The van der Waals surface area contributed by atoms with E-state index in [1.165, 1.54) is 0 Å². The van der Waals surface area contributed by atoms with Crippen molar-refractivity contribution < 1.29 is 19.6 Å². The number of nitro groups is 1. The molecule has 1 aromatic heterocycles. The molecule has 1 saturated heterocycles. The van der Waals surface area contributed by atoms with E-state index in [-0.39, 0.29) is 17.8 Å². The van der Waals surface area contributed by atoms with Gasteiger partial charge in [-0.25, -0.2) is 9.78 Å². The van der Waals surface area contributed by atoms with Crippen LogP contribution in [-0.4, -0.2) is 39.5 Å². The van der Waals surface area contributed by atoms with Gasteiger partial charge in [-0.1, -0.05) is 0 Å². The van der Waals surface area contributed by atoms with Gasteiger partial charge in [-0.3, -0.25) is 14.9 Å². The fourth-order valence-electron chi connectivity index (χ4n) is 1.92. The van der Waals surface area contributed by atoms with Crippen molar-refractivity contribution in [2.24, 2.45) is 0 Å². The molecule has 1 unspecified atom stereocenters. The molecular weight excluding hydrogens is 268 g/mol. The molecule has 1 fully saturated rings. The lowest BCUT2D eigenvalue weighted by atomic mass is 10.2. The Kier molecular flexibility index (Phi) is 3.78. The number of pyridine rings is 1. The van der Waals surface area contributed by atoms with Crippen molar-refractivity contribution in [2.75, 3.05) is 11.9 Å². The van der Waals surface area contributed by atoms with Crippen molar-refractivity contribution in [1.82, 2.24) is 10.3 Å². The van der Waals surface area contributed by atoms with Crippen LogP contribution in [0.3, 0.4) is 0 Å². The van der Waals surface area contributed by atoms with Gasteiger partial charge in [0.2, 0.25) is 5.91 Å². The number of aromatic carboxylic acids is 1. The van der Waals surface area contributed by atoms with Gasteiger partial charge in [0, 0.05) is 25.1 Å². The smallest absolute Gasteiger partial charge is 0.342 e. The number of hydrogen-bond donors (Lipinski definition) is 3. The number of carbonyl (C=O) groups excluding carboxylic acids is 1. The summed E-state index contributed by atoms with van der Waals surface area (Å²) in [5.41, 5.74) is -0.986. The van der Waals surface area contributed by atoms with E-state index in [1.54, 1.807) is 0 Å². The Bertz CT molecular complexity index is 574. The van der Waals surface area contributed by atoms with Gasteiger partial charge in [-0.05, 0) is 6.42 Å². The van der Waals surface area contributed by atoms with E-state index in [2.05, 4.69) is 15.6 Å². The third-order valence-corrected chi connectivity index (χ3v) is 2.92. The van der Waals surface area contributed by atoms with E-state index in [0.29, 0.717) is 19.4 Å². The molecule has 0 bridgehead atoms. The maximum atomic E-state index is 11.0. The molecule has 9 heteroatoms. The van der Waals surface area contributed by atoms with Crippen molar-refractivity contribution in [3.63, 3.8) is 0 Å². The minimum Gasteiger partial charge on any atom is -0.477 e. The fourth-order valence-corrected chi connectivity index (χ4v) is 1.92. The van der Waals surface area contributed by atoms with E-state index >= 15 is 0 Å². The van der Waals surface area contributed by atoms with Crippen LogP contribution in [0.25, 0.3) is 0 Å². The first-order valence-corrected chi connectivity index (χ1v) is 5.88. The Morgan fingerprint density at radius 1 is 1.65 bits per heavy atom. The largest absolute Gasteiger partial charge is 0.477 e. The zero-order chi connectivity index (χ0) is 14.7. The highest BCUT2D eigenvalue weighted by molar-refractivity contribution is 5.93. The SMILES string of the molecule is O=C1CCC(CNc2cc(C(=O)O)c([N+](=O)[O-])cn2)N1. The summed E-state index contributed by atoms with van der Waals surface area (Å²) in [6.07, 6.45) is 2.05. The zero-order valence-corrected chi connectivity index (χ0v) is 10.3. The first kappa shape index (κ1) is 13.7. The highest BCUT2D eigenvalue weighted by Gasteiger charge is 2.23. The standard InChI is InChI=1S/C11H12N4O5/c16-10-2-1-6(14-10)4-12-9-3-7(11(17)18)8(5-13-9)15(19)20/h3,5-6H,1-2,4H2,(H,12,13)(H,14,16)(H,17,18). The second kappa shape index (κ2) is 5.51. The summed E-state index contributed by atoms with van der Waals surface area (Å²) >= 11 is 0. The molecule has 1 aromatic rings. The monoisotopic (exact) mass is 280 g/mol. The van der Waals surface area contributed by atoms with E-state index in [0.717, 1.165) is 12.3 Å². The summed E-state index contributed by atoms with van der Waals surface area (Å²) in [7, 11) is 0. The lowest BCUT2D eigenvalue weighted by molar-refractivity contribution is -0.385. The molecule has 1 amide bonds. The predicted octanol–water partition coefficient (Wildman–Crippen LogP) is 0.378. The molecule has 0 aliphatic carbocycles. The summed E-state index contributed by atoms with van der Waals surface area (Å²) in [5.74, 6) is -1.20. The van der Waals surface area contributed by atoms with Crippen molar-refractivity contribution in [2.45, 2.75) is 18.9 Å². The first-order valence-electron chi connectivity index (χ1n) is 5.88. The molecule has 0 saturated carbocycles. The van der Waals surface area contributed by atoms with E-state index in [1.807, 2.05) is 0 Å². The quantitative estimate of drug-likeness (QED) is 0.524. The molecule has 0 spiro atoms. The van der Waals surface area contributed by atoms with Gasteiger partial charge in [0.05, 0.1) is 4.92 Å². The van der Waals surface area contributed by atoms with E-state index in [4.69, 9.17) is 5.11 Å². The Balaban J connectivity index is 2.09. The number of carboxylic acids is 1. The molecule has 3 N–H and O–H groups in total. The lowest BCUT2D eigenvalue weighted by Crippen LogP contribution is -2.32. The number of anilines is 1. The Labute approximate surface area is 113 Å². The number of hydrogen-bond acceptors (Lipinski definition) is 6. The summed E-state index contributed by atoms with van der Waals surface area (Å²) in [6.45, 7) is 0.385. The normalized spacial score (nSPS) is 17.6. The molecular formula is C11H12N4O5. The summed E-state index contributed by atoms with van der Waals surface area (Å²) in [4.78, 5) is 35.7. The number of carboxylic acid groups (broad SMARTS) is 1. The van der Waals surface area contributed by atoms with E-state index in [9.17, 15) is 19.7 Å². The highest BCUT2D eigenvalue weighted by Crippen LogP contribution is 2.20. The molecule has 20 heavy (non-hydrogen) atoms. The summed E-state index contributed by atoms with van der Waals surface area (Å²) < 4.78 is 0. The van der Waals surface area contributed by atoms with Gasteiger partial charge >= 0.3 is 11.7 Å². The highest BCUT2D eigenvalue weighted by atomic mass is 16.6. The van der Waals surface area contributed by atoms with Gasteiger partial charge in [-0.15, -0.1) is 0 Å². The second-order valence-electron chi connectivity index (χ2n) is 4.33. The average molecular weight is 280 g/mol. The van der Waals surface area contributed by atoms with Crippen LogP contribution < -0.4 is 10.6 Å². The molecule has 2 rings (SSSR count). The molecule has 9 nitrogen and oxygen atoms in total. The molecule has 0 radical (unpaired) electrons. The van der Waals surface area contributed by atoms with Gasteiger partial charge in [0.1, 0.15) is 17.6 Å². The van der Waals surface area contributed by atoms with Crippen LogP contribution in [0.4, 0.5) is 11.5 Å². The third-order valence-electron chi connectivity index (χ3n) is 2.92. The zero-order valence-electron chi connectivity index (χ0n) is 10.3. The first-order chi connectivity index (χ1) is 9.47. The second-order valence-corrected chi connectivity index (χ2v) is 4.33. The number of rotatable bonds is 5. The molecule has 1 aliphatic heterocycles. The lowest BCUT2D eigenvalue weighted by Gasteiger charge is -2.11. The van der Waals surface area contributed by atoms with Crippen LogP contribution in [0.1, 0.15) is 23.2 Å². The summed E-state index contributed by atoms with van der Waals surface area (Å²) in [5, 5.41) is 25.2. The predicted molar refractivity (Wildman–Crippen MR) is 67.5 cm³/mol. The maximum absolute atomic E-state index is 11.0. The van der Waals surface area contributed by atoms with Gasteiger partial charge in [-0.2, -0.15) is 0 Å². The van der Waals surface area contributed by atoms with Crippen molar-refractivity contribution in [3.8, 4) is 0 Å². The van der Waals surface area contributed by atoms with Crippen molar-refractivity contribution in [1.29, 1.82) is 0 Å². The van der Waals surface area contributed by atoms with Crippen molar-refractivity contribution in [3.05, 3.63) is 27.9 Å². The minimum absolute atomic E-state index is 0.0281. The number of nitrogens with zero attached hydrogens (tertiary/aromatic N) is 2. The Morgan fingerprint density at radius 3 is 2.95 bits per heavy atom. The van der Waals surface area contributed by atoms with Gasteiger partial charge in [0.25, 0.3) is 0 Å². The van der Waals surface area contributed by atoms with Crippen LogP contribution >= 0.6 is 0 Å². The Morgan fingerprint density at radius 2 is 2.40 bits per heavy atom. The van der Waals surface area contributed by atoms with Crippen LogP contribution in [0.5, 0.6) is 0 Å². The van der Waals surface area contributed by atoms with Crippen LogP contribution in [-0.2, 0) is 4.79 Å². The van der Waals surface area contributed by atoms with E-state index < -0.39 is 22.1 Å². The van der Waals surface area contributed by atoms with Gasteiger partial charge in [0.15, 0.2) is 0 Å². The fraction of sp³-hybridized carbons (Fsp3) is 0.364. The minimum atomic E-state index is -1.39. The maximum Gasteiger partial charge on any atom is 0.342 e.